The number of halogens is 3. The maximum Gasteiger partial charge on any atom is 0.416 e. The van der Waals surface area contributed by atoms with Gasteiger partial charge in [0.25, 0.3) is 11.4 Å². The highest BCUT2D eigenvalue weighted by molar-refractivity contribution is 5.78. The second kappa shape index (κ2) is 7.10. The van der Waals surface area contributed by atoms with Gasteiger partial charge in [-0.15, -0.1) is 0 Å². The van der Waals surface area contributed by atoms with Crippen molar-refractivity contribution in [1.82, 2.24) is 0 Å². The minimum Gasteiger partial charge on any atom is -0.339 e. The Morgan fingerprint density at radius 1 is 0.929 bits per heavy atom. The molecule has 0 saturated carbocycles. The van der Waals surface area contributed by atoms with Gasteiger partial charge in [-0.25, -0.2) is 0 Å². The Morgan fingerprint density at radius 3 is 1.86 bits per heavy atom. The standard InChI is InChI=1S/C18H18F3N3O4/c1-17(2,3)14-9-13(23(25)26)10-15(24(27)28)16(14)22(4)12-7-5-11(6-8-12)18(19,20)21/h5-10H,1-4H3. The number of rotatable bonds is 4. The third kappa shape index (κ3) is 4.21. The van der Waals surface area contributed by atoms with E-state index < -0.39 is 38.4 Å². The first-order chi connectivity index (χ1) is 12.7. The summed E-state index contributed by atoms with van der Waals surface area (Å²) in [6, 6.07) is 6.24. The number of hydrogen-bond acceptors (Lipinski definition) is 5. The maximum absolute atomic E-state index is 12.8. The van der Waals surface area contributed by atoms with Crippen molar-refractivity contribution in [2.75, 3.05) is 11.9 Å². The van der Waals surface area contributed by atoms with Crippen LogP contribution in [0.3, 0.4) is 0 Å². The van der Waals surface area contributed by atoms with Gasteiger partial charge in [-0.05, 0) is 35.2 Å². The summed E-state index contributed by atoms with van der Waals surface area (Å²) < 4.78 is 38.4. The Morgan fingerprint density at radius 2 is 1.46 bits per heavy atom. The Labute approximate surface area is 158 Å². The number of hydrogen-bond donors (Lipinski definition) is 0. The average molecular weight is 397 g/mol. The molecule has 2 aromatic carbocycles. The molecule has 7 nitrogen and oxygen atoms in total. The van der Waals surface area contributed by atoms with Crippen LogP contribution in [0.5, 0.6) is 0 Å². The van der Waals surface area contributed by atoms with E-state index in [1.54, 1.807) is 20.8 Å². The van der Waals surface area contributed by atoms with Crippen LogP contribution in [0.4, 0.5) is 35.9 Å². The van der Waals surface area contributed by atoms with Gasteiger partial charge in [-0.2, -0.15) is 13.2 Å². The van der Waals surface area contributed by atoms with E-state index in [0.717, 1.165) is 18.2 Å². The number of nitrogens with zero attached hydrogens (tertiary/aromatic N) is 3. The first-order valence-corrected chi connectivity index (χ1v) is 8.11. The number of benzene rings is 2. The van der Waals surface area contributed by atoms with Crippen LogP contribution in [-0.2, 0) is 11.6 Å². The zero-order valence-corrected chi connectivity index (χ0v) is 15.6. The van der Waals surface area contributed by atoms with Crippen molar-refractivity contribution >= 4 is 22.7 Å². The molecule has 0 spiro atoms. The molecule has 2 rings (SSSR count). The highest BCUT2D eigenvalue weighted by Crippen LogP contribution is 2.44. The summed E-state index contributed by atoms with van der Waals surface area (Å²) in [7, 11) is 1.46. The predicted molar refractivity (Wildman–Crippen MR) is 98.0 cm³/mol. The zero-order valence-electron chi connectivity index (χ0n) is 15.6. The van der Waals surface area contributed by atoms with Gasteiger partial charge in [0, 0.05) is 18.8 Å². The van der Waals surface area contributed by atoms with Crippen LogP contribution in [0, 0.1) is 20.2 Å². The van der Waals surface area contributed by atoms with Crippen LogP contribution in [0.25, 0.3) is 0 Å². The molecule has 0 N–H and O–H groups in total. The molecule has 0 atom stereocenters. The highest BCUT2D eigenvalue weighted by atomic mass is 19.4. The van der Waals surface area contributed by atoms with Crippen molar-refractivity contribution < 1.29 is 23.0 Å². The topological polar surface area (TPSA) is 89.5 Å². The predicted octanol–water partition coefficient (Wildman–Crippen LogP) is 5.59. The molecule has 0 aliphatic carbocycles. The van der Waals surface area contributed by atoms with E-state index in [0.29, 0.717) is 5.56 Å². The van der Waals surface area contributed by atoms with Gasteiger partial charge in [0.15, 0.2) is 0 Å². The summed E-state index contributed by atoms with van der Waals surface area (Å²) in [5.74, 6) is 0. The molecule has 0 bridgehead atoms. The van der Waals surface area contributed by atoms with E-state index in [2.05, 4.69) is 0 Å². The summed E-state index contributed by atoms with van der Waals surface area (Å²) in [4.78, 5) is 22.7. The molecule has 0 unspecified atom stereocenters. The molecule has 28 heavy (non-hydrogen) atoms. The molecule has 0 saturated heterocycles. The van der Waals surface area contributed by atoms with Crippen molar-refractivity contribution in [1.29, 1.82) is 0 Å². The maximum atomic E-state index is 12.8. The molecule has 0 amide bonds. The lowest BCUT2D eigenvalue weighted by molar-refractivity contribution is -0.393. The molecule has 10 heteroatoms. The molecular weight excluding hydrogens is 379 g/mol. The molecular formula is C18H18F3N3O4. The minimum atomic E-state index is -4.51. The normalized spacial score (nSPS) is 12.0. The van der Waals surface area contributed by atoms with Crippen LogP contribution < -0.4 is 4.90 Å². The van der Waals surface area contributed by atoms with Crippen molar-refractivity contribution in [3.63, 3.8) is 0 Å². The third-order valence-corrected chi connectivity index (χ3v) is 4.21. The van der Waals surface area contributed by atoms with Gasteiger partial charge >= 0.3 is 6.18 Å². The number of non-ortho nitro benzene ring substituents is 1. The highest BCUT2D eigenvalue weighted by Gasteiger charge is 2.33. The van der Waals surface area contributed by atoms with E-state index in [1.807, 2.05) is 0 Å². The van der Waals surface area contributed by atoms with Crippen molar-refractivity contribution in [3.05, 3.63) is 67.8 Å². The van der Waals surface area contributed by atoms with Crippen LogP contribution in [-0.4, -0.2) is 16.9 Å². The van der Waals surface area contributed by atoms with Crippen molar-refractivity contribution in [2.45, 2.75) is 32.4 Å². The largest absolute Gasteiger partial charge is 0.416 e. The van der Waals surface area contributed by atoms with Crippen LogP contribution >= 0.6 is 0 Å². The van der Waals surface area contributed by atoms with E-state index >= 15 is 0 Å². The van der Waals surface area contributed by atoms with Gasteiger partial charge in [0.1, 0.15) is 5.69 Å². The molecule has 0 fully saturated rings. The molecule has 0 aliphatic rings. The fraction of sp³-hybridized carbons (Fsp3) is 0.333. The van der Waals surface area contributed by atoms with E-state index in [9.17, 15) is 33.4 Å². The summed E-state index contributed by atoms with van der Waals surface area (Å²) >= 11 is 0. The van der Waals surface area contributed by atoms with E-state index in [-0.39, 0.29) is 11.4 Å². The lowest BCUT2D eigenvalue weighted by Crippen LogP contribution is -2.21. The second-order valence-electron chi connectivity index (χ2n) is 7.23. The minimum absolute atomic E-state index is 0.0860. The Balaban J connectivity index is 2.71. The summed E-state index contributed by atoms with van der Waals surface area (Å²) in [5, 5.41) is 22.8. The second-order valence-corrected chi connectivity index (χ2v) is 7.23. The van der Waals surface area contributed by atoms with Gasteiger partial charge in [0.05, 0.1) is 21.5 Å². The fourth-order valence-electron chi connectivity index (χ4n) is 2.78. The summed E-state index contributed by atoms with van der Waals surface area (Å²) in [6.45, 7) is 5.21. The number of anilines is 2. The van der Waals surface area contributed by atoms with Gasteiger partial charge in [0.2, 0.25) is 0 Å². The molecule has 0 aliphatic heterocycles. The summed E-state index contributed by atoms with van der Waals surface area (Å²) in [5.41, 5.74) is -1.79. The Kier molecular flexibility index (Phi) is 5.36. The summed E-state index contributed by atoms with van der Waals surface area (Å²) in [6.07, 6.45) is -4.51. The monoisotopic (exact) mass is 397 g/mol. The molecule has 0 aromatic heterocycles. The molecule has 0 heterocycles. The van der Waals surface area contributed by atoms with E-state index in [1.165, 1.54) is 30.1 Å². The lowest BCUT2D eigenvalue weighted by Gasteiger charge is -2.28. The third-order valence-electron chi connectivity index (χ3n) is 4.21. The molecule has 2 aromatic rings. The molecule has 150 valence electrons. The number of nitro benzene ring substituents is 2. The van der Waals surface area contributed by atoms with Crippen molar-refractivity contribution in [2.24, 2.45) is 0 Å². The lowest BCUT2D eigenvalue weighted by atomic mass is 9.84. The smallest absolute Gasteiger partial charge is 0.339 e. The van der Waals surface area contributed by atoms with Gasteiger partial charge in [-0.1, -0.05) is 20.8 Å². The van der Waals surface area contributed by atoms with Crippen molar-refractivity contribution in [3.8, 4) is 0 Å². The average Bonchev–Trinajstić information content (AvgIpc) is 2.58. The Bertz CT molecular complexity index is 919. The van der Waals surface area contributed by atoms with Crippen LogP contribution in [0.2, 0.25) is 0 Å². The number of alkyl halides is 3. The number of nitro groups is 2. The van der Waals surface area contributed by atoms with Gasteiger partial charge in [-0.3, -0.25) is 20.2 Å². The van der Waals surface area contributed by atoms with E-state index in [4.69, 9.17) is 0 Å². The quantitative estimate of drug-likeness (QED) is 0.496. The first kappa shape index (κ1) is 21.1. The van der Waals surface area contributed by atoms with Gasteiger partial charge < -0.3 is 4.90 Å². The fourth-order valence-corrected chi connectivity index (χ4v) is 2.78. The zero-order chi connectivity index (χ0) is 21.4. The first-order valence-electron chi connectivity index (χ1n) is 8.11. The molecule has 0 radical (unpaired) electrons. The van der Waals surface area contributed by atoms with Crippen LogP contribution in [0.1, 0.15) is 31.9 Å². The Hall–Kier alpha value is -3.17. The SMILES string of the molecule is CN(c1ccc(C(F)(F)F)cc1)c1c([N+](=O)[O-])cc([N+](=O)[O-])cc1C(C)(C)C. The van der Waals surface area contributed by atoms with Crippen LogP contribution in [0.15, 0.2) is 36.4 Å².